The van der Waals surface area contributed by atoms with E-state index in [9.17, 15) is 13.2 Å². The summed E-state index contributed by atoms with van der Waals surface area (Å²) >= 11 is 0. The first-order valence-electron chi connectivity index (χ1n) is 3.87. The molecule has 0 aliphatic heterocycles. The van der Waals surface area contributed by atoms with Gasteiger partial charge >= 0.3 is 6.18 Å². The fourth-order valence-electron chi connectivity index (χ4n) is 1.09. The van der Waals surface area contributed by atoms with Crippen LogP contribution < -0.4 is 10.5 Å². The Hall–Kier alpha value is -1.39. The minimum Gasteiger partial charge on any atom is -0.496 e. The molecule has 14 heavy (non-hydrogen) atoms. The molecule has 0 radical (unpaired) electrons. The number of ether oxygens (including phenoxy) is 1. The SMILES string of the molecule is COc1cc(C)c(N)cc1C(F)(F)F. The first kappa shape index (κ1) is 10.7. The Kier molecular flexibility index (Phi) is 2.59. The van der Waals surface area contributed by atoms with E-state index >= 15 is 0 Å². The Morgan fingerprint density at radius 2 is 1.86 bits per heavy atom. The van der Waals surface area contributed by atoms with Crippen molar-refractivity contribution in [2.24, 2.45) is 0 Å². The first-order valence-corrected chi connectivity index (χ1v) is 3.87. The van der Waals surface area contributed by atoms with Crippen molar-refractivity contribution in [3.05, 3.63) is 23.3 Å². The molecule has 0 heterocycles. The predicted octanol–water partition coefficient (Wildman–Crippen LogP) is 2.60. The van der Waals surface area contributed by atoms with Crippen LogP contribution in [0, 0.1) is 6.92 Å². The van der Waals surface area contributed by atoms with E-state index in [1.165, 1.54) is 13.2 Å². The molecule has 0 aliphatic rings. The van der Waals surface area contributed by atoms with Crippen LogP contribution in [0.2, 0.25) is 0 Å². The van der Waals surface area contributed by atoms with Crippen LogP contribution in [0.3, 0.4) is 0 Å². The van der Waals surface area contributed by atoms with Gasteiger partial charge in [-0.1, -0.05) is 0 Å². The summed E-state index contributed by atoms with van der Waals surface area (Å²) in [6.07, 6.45) is -4.44. The number of aryl methyl sites for hydroxylation is 1. The van der Waals surface area contributed by atoms with E-state index in [2.05, 4.69) is 4.74 Å². The zero-order valence-electron chi connectivity index (χ0n) is 7.77. The minimum absolute atomic E-state index is 0.109. The number of anilines is 1. The molecular weight excluding hydrogens is 195 g/mol. The molecule has 1 aromatic carbocycles. The third kappa shape index (κ3) is 1.92. The summed E-state index contributed by atoms with van der Waals surface area (Å²) in [6, 6.07) is 2.16. The highest BCUT2D eigenvalue weighted by Gasteiger charge is 2.34. The first-order chi connectivity index (χ1) is 6.36. The summed E-state index contributed by atoms with van der Waals surface area (Å²) < 4.78 is 41.9. The van der Waals surface area contributed by atoms with Crippen molar-refractivity contribution in [3.8, 4) is 5.75 Å². The van der Waals surface area contributed by atoms with Crippen LogP contribution in [0.1, 0.15) is 11.1 Å². The van der Waals surface area contributed by atoms with Crippen molar-refractivity contribution in [3.63, 3.8) is 0 Å². The largest absolute Gasteiger partial charge is 0.496 e. The van der Waals surface area contributed by atoms with Crippen LogP contribution in [0.5, 0.6) is 5.75 Å². The summed E-state index contributed by atoms with van der Waals surface area (Å²) in [5.41, 5.74) is 5.22. The molecule has 0 amide bonds. The van der Waals surface area contributed by atoms with E-state index in [-0.39, 0.29) is 11.4 Å². The summed E-state index contributed by atoms with van der Waals surface area (Å²) in [6.45, 7) is 1.62. The van der Waals surface area contributed by atoms with Crippen LogP contribution in [0.15, 0.2) is 12.1 Å². The molecule has 0 aliphatic carbocycles. The van der Waals surface area contributed by atoms with Gasteiger partial charge in [0.05, 0.1) is 12.7 Å². The van der Waals surface area contributed by atoms with Crippen molar-refractivity contribution in [1.82, 2.24) is 0 Å². The summed E-state index contributed by atoms with van der Waals surface area (Å²) in [7, 11) is 1.19. The second-order valence-electron chi connectivity index (χ2n) is 2.91. The number of nitrogen functional groups attached to an aromatic ring is 1. The van der Waals surface area contributed by atoms with Gasteiger partial charge in [-0.2, -0.15) is 13.2 Å². The van der Waals surface area contributed by atoms with E-state index < -0.39 is 11.7 Å². The van der Waals surface area contributed by atoms with Crippen molar-refractivity contribution < 1.29 is 17.9 Å². The van der Waals surface area contributed by atoms with Crippen LogP contribution >= 0.6 is 0 Å². The van der Waals surface area contributed by atoms with Gasteiger partial charge in [0.15, 0.2) is 0 Å². The Morgan fingerprint density at radius 1 is 1.29 bits per heavy atom. The lowest BCUT2D eigenvalue weighted by Crippen LogP contribution is -2.09. The van der Waals surface area contributed by atoms with Gasteiger partial charge in [0.25, 0.3) is 0 Å². The minimum atomic E-state index is -4.44. The molecule has 0 spiro atoms. The van der Waals surface area contributed by atoms with Crippen LogP contribution in [0.25, 0.3) is 0 Å². The quantitative estimate of drug-likeness (QED) is 0.715. The highest BCUT2D eigenvalue weighted by molar-refractivity contribution is 5.54. The Bertz CT molecular complexity index is 347. The third-order valence-corrected chi connectivity index (χ3v) is 1.89. The van der Waals surface area contributed by atoms with E-state index in [0.29, 0.717) is 5.56 Å². The summed E-state index contributed by atoms with van der Waals surface area (Å²) in [5, 5.41) is 0. The molecule has 0 saturated carbocycles. The Labute approximate surface area is 79.5 Å². The monoisotopic (exact) mass is 205 g/mol. The second kappa shape index (κ2) is 3.40. The third-order valence-electron chi connectivity index (χ3n) is 1.89. The maximum absolute atomic E-state index is 12.4. The smallest absolute Gasteiger partial charge is 0.420 e. The number of hydrogen-bond acceptors (Lipinski definition) is 2. The van der Waals surface area contributed by atoms with Gasteiger partial charge in [-0.3, -0.25) is 0 Å². The standard InChI is InChI=1S/C9H10F3NO/c1-5-3-8(14-2)6(4-7(5)13)9(10,11)12/h3-4H,13H2,1-2H3. The molecule has 78 valence electrons. The average molecular weight is 205 g/mol. The zero-order valence-corrected chi connectivity index (χ0v) is 7.77. The fraction of sp³-hybridized carbons (Fsp3) is 0.333. The normalized spacial score (nSPS) is 11.5. The fourth-order valence-corrected chi connectivity index (χ4v) is 1.09. The van der Waals surface area contributed by atoms with Crippen LogP contribution in [0.4, 0.5) is 18.9 Å². The average Bonchev–Trinajstić information content (AvgIpc) is 2.07. The summed E-state index contributed by atoms with van der Waals surface area (Å²) in [4.78, 5) is 0. The molecule has 1 aromatic rings. The van der Waals surface area contributed by atoms with Crippen molar-refractivity contribution in [2.45, 2.75) is 13.1 Å². The van der Waals surface area contributed by atoms with Gasteiger partial charge in [-0.15, -0.1) is 0 Å². The number of alkyl halides is 3. The molecule has 2 N–H and O–H groups in total. The number of rotatable bonds is 1. The van der Waals surface area contributed by atoms with E-state index in [1.807, 2.05) is 0 Å². The van der Waals surface area contributed by atoms with Crippen LogP contribution in [-0.4, -0.2) is 7.11 Å². The maximum Gasteiger partial charge on any atom is 0.420 e. The molecule has 2 nitrogen and oxygen atoms in total. The predicted molar refractivity (Wildman–Crippen MR) is 47.1 cm³/mol. The van der Waals surface area contributed by atoms with Gasteiger partial charge in [-0.05, 0) is 24.6 Å². The zero-order chi connectivity index (χ0) is 10.9. The number of methoxy groups -OCH3 is 1. The lowest BCUT2D eigenvalue weighted by Gasteiger charge is -2.13. The van der Waals surface area contributed by atoms with Gasteiger partial charge in [0.2, 0.25) is 0 Å². The Morgan fingerprint density at radius 3 is 2.29 bits per heavy atom. The molecule has 0 saturated heterocycles. The highest BCUT2D eigenvalue weighted by atomic mass is 19.4. The van der Waals surface area contributed by atoms with Gasteiger partial charge < -0.3 is 10.5 Å². The topological polar surface area (TPSA) is 35.2 Å². The van der Waals surface area contributed by atoms with Crippen molar-refractivity contribution in [1.29, 1.82) is 0 Å². The molecule has 1 rings (SSSR count). The number of nitrogens with two attached hydrogens (primary N) is 1. The van der Waals surface area contributed by atoms with E-state index in [0.717, 1.165) is 6.07 Å². The maximum atomic E-state index is 12.4. The van der Waals surface area contributed by atoms with E-state index in [1.54, 1.807) is 6.92 Å². The summed E-state index contributed by atoms with van der Waals surface area (Å²) in [5.74, 6) is -0.204. The van der Waals surface area contributed by atoms with Crippen molar-refractivity contribution in [2.75, 3.05) is 12.8 Å². The molecule has 0 fully saturated rings. The number of halogens is 3. The molecule has 5 heteroatoms. The number of benzene rings is 1. The lowest BCUT2D eigenvalue weighted by molar-refractivity contribution is -0.138. The molecule has 0 bridgehead atoms. The lowest BCUT2D eigenvalue weighted by atomic mass is 10.1. The van der Waals surface area contributed by atoms with Crippen LogP contribution in [-0.2, 0) is 6.18 Å². The molecule has 0 unspecified atom stereocenters. The van der Waals surface area contributed by atoms with E-state index in [4.69, 9.17) is 5.73 Å². The highest BCUT2D eigenvalue weighted by Crippen LogP contribution is 2.38. The van der Waals surface area contributed by atoms with Gasteiger partial charge in [-0.25, -0.2) is 0 Å². The molecule has 0 aromatic heterocycles. The van der Waals surface area contributed by atoms with Crippen molar-refractivity contribution >= 4 is 5.69 Å². The van der Waals surface area contributed by atoms with Gasteiger partial charge in [0.1, 0.15) is 5.75 Å². The molecular formula is C9H10F3NO. The second-order valence-corrected chi connectivity index (χ2v) is 2.91. The molecule has 0 atom stereocenters. The Balaban J connectivity index is 3.35. The van der Waals surface area contributed by atoms with Gasteiger partial charge in [0, 0.05) is 5.69 Å². The number of hydrogen-bond donors (Lipinski definition) is 1.